The van der Waals surface area contributed by atoms with Crippen molar-refractivity contribution in [2.75, 3.05) is 13.6 Å². The first-order valence-electron chi connectivity index (χ1n) is 8.01. The van der Waals surface area contributed by atoms with Crippen LogP contribution in [0.2, 0.25) is 5.02 Å². The minimum absolute atomic E-state index is 0.0713. The van der Waals surface area contributed by atoms with Crippen molar-refractivity contribution in [1.29, 1.82) is 0 Å². The molecule has 1 fully saturated rings. The highest BCUT2D eigenvalue weighted by Gasteiger charge is 2.36. The summed E-state index contributed by atoms with van der Waals surface area (Å²) in [6.07, 6.45) is 1.40. The van der Waals surface area contributed by atoms with Crippen LogP contribution in [0, 0.1) is 5.82 Å². The number of benzene rings is 1. The Bertz CT molecular complexity index is 761. The summed E-state index contributed by atoms with van der Waals surface area (Å²) in [4.78, 5) is 29.1. The van der Waals surface area contributed by atoms with E-state index in [2.05, 4.69) is 0 Å². The molecule has 0 bridgehead atoms. The van der Waals surface area contributed by atoms with Crippen molar-refractivity contribution >= 4 is 34.8 Å². The van der Waals surface area contributed by atoms with Crippen molar-refractivity contribution in [2.24, 2.45) is 0 Å². The van der Waals surface area contributed by atoms with Crippen LogP contribution < -0.4 is 0 Å². The first kappa shape index (κ1) is 17.9. The van der Waals surface area contributed by atoms with Gasteiger partial charge in [-0.3, -0.25) is 9.59 Å². The molecule has 1 aromatic heterocycles. The first-order valence-corrected chi connectivity index (χ1v) is 9.27. The molecule has 132 valence electrons. The highest BCUT2D eigenvalue weighted by atomic mass is 35.5. The fraction of sp³-hybridized carbons (Fsp3) is 0.333. The molecule has 3 rings (SSSR count). The fourth-order valence-corrected chi connectivity index (χ4v) is 3.96. The van der Waals surface area contributed by atoms with Crippen molar-refractivity contribution in [1.82, 2.24) is 9.80 Å². The Balaban J connectivity index is 1.74. The van der Waals surface area contributed by atoms with Crippen LogP contribution in [0.15, 0.2) is 35.7 Å². The second-order valence-electron chi connectivity index (χ2n) is 6.03. The number of amides is 2. The molecule has 1 atom stereocenters. The molecule has 0 spiro atoms. The summed E-state index contributed by atoms with van der Waals surface area (Å²) >= 11 is 7.41. The molecule has 1 aliphatic heterocycles. The van der Waals surface area contributed by atoms with Crippen LogP contribution >= 0.6 is 22.9 Å². The molecule has 25 heavy (non-hydrogen) atoms. The summed E-state index contributed by atoms with van der Waals surface area (Å²) in [6.45, 7) is 0.628. The molecule has 7 heteroatoms. The van der Waals surface area contributed by atoms with Crippen LogP contribution in [0.5, 0.6) is 0 Å². The zero-order valence-corrected chi connectivity index (χ0v) is 15.3. The van der Waals surface area contributed by atoms with E-state index in [4.69, 9.17) is 11.6 Å². The number of rotatable bonds is 4. The highest BCUT2D eigenvalue weighted by molar-refractivity contribution is 7.12. The molecule has 4 nitrogen and oxygen atoms in total. The van der Waals surface area contributed by atoms with Gasteiger partial charge in [0.15, 0.2) is 0 Å². The maximum atomic E-state index is 14.0. The van der Waals surface area contributed by atoms with E-state index in [1.165, 1.54) is 28.4 Å². The van der Waals surface area contributed by atoms with Gasteiger partial charge in [0.2, 0.25) is 5.91 Å². The van der Waals surface area contributed by atoms with Gasteiger partial charge in [-0.1, -0.05) is 23.7 Å². The Labute approximate surface area is 154 Å². The maximum absolute atomic E-state index is 14.0. The smallest absolute Gasteiger partial charge is 0.264 e. The summed E-state index contributed by atoms with van der Waals surface area (Å²) < 4.78 is 14.0. The Hall–Kier alpha value is -1.92. The second-order valence-corrected chi connectivity index (χ2v) is 7.38. The predicted molar refractivity (Wildman–Crippen MR) is 96.3 cm³/mol. The van der Waals surface area contributed by atoms with E-state index in [1.54, 1.807) is 24.1 Å². The number of likely N-dealkylation sites (tertiary alicyclic amines) is 1. The zero-order chi connectivity index (χ0) is 18.0. The van der Waals surface area contributed by atoms with Gasteiger partial charge in [-0.05, 0) is 36.4 Å². The number of carbonyl (C=O) groups excluding carboxylic acids is 2. The number of thiophene rings is 1. The average molecular weight is 381 g/mol. The van der Waals surface area contributed by atoms with Gasteiger partial charge in [0, 0.05) is 30.7 Å². The number of nitrogens with zero attached hydrogens (tertiary/aromatic N) is 2. The number of hydrogen-bond donors (Lipinski definition) is 0. The molecule has 0 aliphatic carbocycles. The van der Waals surface area contributed by atoms with Gasteiger partial charge < -0.3 is 9.80 Å². The van der Waals surface area contributed by atoms with Gasteiger partial charge in [-0.25, -0.2) is 4.39 Å². The predicted octanol–water partition coefficient (Wildman–Crippen LogP) is 3.80. The Kier molecular flexibility index (Phi) is 5.39. The normalized spacial score (nSPS) is 16.9. The van der Waals surface area contributed by atoms with E-state index < -0.39 is 11.9 Å². The van der Waals surface area contributed by atoms with Gasteiger partial charge in [0.1, 0.15) is 11.9 Å². The van der Waals surface area contributed by atoms with Crippen LogP contribution in [0.4, 0.5) is 4.39 Å². The molecular formula is C18H18ClFN2O2S. The third-order valence-electron chi connectivity index (χ3n) is 4.36. The third kappa shape index (κ3) is 3.70. The van der Waals surface area contributed by atoms with Crippen LogP contribution in [0.1, 0.15) is 28.1 Å². The van der Waals surface area contributed by atoms with Gasteiger partial charge in [0.25, 0.3) is 5.91 Å². The summed E-state index contributed by atoms with van der Waals surface area (Å²) in [6, 6.07) is 7.52. The molecule has 1 aliphatic rings. The molecule has 1 saturated heterocycles. The highest BCUT2D eigenvalue weighted by Crippen LogP contribution is 2.25. The van der Waals surface area contributed by atoms with Crippen LogP contribution in [-0.4, -0.2) is 41.2 Å². The zero-order valence-electron chi connectivity index (χ0n) is 13.7. The van der Waals surface area contributed by atoms with Crippen molar-refractivity contribution in [3.63, 3.8) is 0 Å². The van der Waals surface area contributed by atoms with Crippen molar-refractivity contribution in [3.05, 3.63) is 57.0 Å². The van der Waals surface area contributed by atoms with E-state index in [1.807, 2.05) is 11.4 Å². The first-order chi connectivity index (χ1) is 12.0. The van der Waals surface area contributed by atoms with Crippen LogP contribution in [0.25, 0.3) is 0 Å². The summed E-state index contributed by atoms with van der Waals surface area (Å²) in [5, 5.41) is 2.13. The van der Waals surface area contributed by atoms with Crippen molar-refractivity contribution < 1.29 is 14.0 Å². The second kappa shape index (κ2) is 7.54. The van der Waals surface area contributed by atoms with Gasteiger partial charge in [-0.2, -0.15) is 0 Å². The van der Waals surface area contributed by atoms with E-state index in [-0.39, 0.29) is 28.9 Å². The molecular weight excluding hydrogens is 363 g/mol. The number of hydrogen-bond acceptors (Lipinski definition) is 3. The van der Waals surface area contributed by atoms with E-state index in [0.717, 1.165) is 6.42 Å². The lowest BCUT2D eigenvalue weighted by Crippen LogP contribution is -2.46. The molecule has 0 saturated carbocycles. The van der Waals surface area contributed by atoms with Crippen LogP contribution in [-0.2, 0) is 11.3 Å². The monoisotopic (exact) mass is 380 g/mol. The van der Waals surface area contributed by atoms with E-state index >= 15 is 0 Å². The van der Waals surface area contributed by atoms with Crippen molar-refractivity contribution in [2.45, 2.75) is 25.4 Å². The summed E-state index contributed by atoms with van der Waals surface area (Å²) in [5.74, 6) is -0.755. The minimum Gasteiger partial charge on any atom is -0.339 e. The fourth-order valence-electron chi connectivity index (χ4n) is 3.06. The molecule has 2 amide bonds. The average Bonchev–Trinajstić information content (AvgIpc) is 3.28. The minimum atomic E-state index is -0.509. The van der Waals surface area contributed by atoms with Gasteiger partial charge in [0.05, 0.1) is 4.88 Å². The largest absolute Gasteiger partial charge is 0.339 e. The summed E-state index contributed by atoms with van der Waals surface area (Å²) in [5.41, 5.74) is 0.286. The molecule has 0 N–H and O–H groups in total. The molecule has 1 aromatic carbocycles. The molecule has 2 heterocycles. The lowest BCUT2D eigenvalue weighted by atomic mass is 10.1. The standard InChI is InChI=1S/C18H18ClFN2O2S/c1-21(11-12-13(19)5-2-6-14(12)20)17(23)15-7-3-9-22(15)18(24)16-8-4-10-25-16/h2,4-6,8,10,15H,3,7,9,11H2,1H3/t15-/m1/s1. The summed E-state index contributed by atoms with van der Waals surface area (Å²) in [7, 11) is 1.61. The third-order valence-corrected chi connectivity index (χ3v) is 5.58. The van der Waals surface area contributed by atoms with E-state index in [9.17, 15) is 14.0 Å². The molecule has 0 unspecified atom stereocenters. The Morgan fingerprint density at radius 3 is 2.84 bits per heavy atom. The number of carbonyl (C=O) groups is 2. The topological polar surface area (TPSA) is 40.6 Å². The molecule has 2 aromatic rings. The van der Waals surface area contributed by atoms with Crippen LogP contribution in [0.3, 0.4) is 0 Å². The maximum Gasteiger partial charge on any atom is 0.264 e. The van der Waals surface area contributed by atoms with E-state index in [0.29, 0.717) is 17.8 Å². The lowest BCUT2D eigenvalue weighted by molar-refractivity contribution is -0.134. The Morgan fingerprint density at radius 2 is 2.16 bits per heavy atom. The van der Waals surface area contributed by atoms with Gasteiger partial charge >= 0.3 is 0 Å². The molecule has 0 radical (unpaired) electrons. The lowest BCUT2D eigenvalue weighted by Gasteiger charge is -2.28. The quantitative estimate of drug-likeness (QED) is 0.809. The SMILES string of the molecule is CN(Cc1c(F)cccc1Cl)C(=O)[C@H]1CCCN1C(=O)c1cccs1. The van der Waals surface area contributed by atoms with Gasteiger partial charge in [-0.15, -0.1) is 11.3 Å². The number of halogens is 2. The number of likely N-dealkylation sites (N-methyl/N-ethyl adjacent to an activating group) is 1. The Morgan fingerprint density at radius 1 is 1.36 bits per heavy atom. The van der Waals surface area contributed by atoms with Crippen molar-refractivity contribution in [3.8, 4) is 0 Å².